The zero-order valence-electron chi connectivity index (χ0n) is 20.4. The van der Waals surface area contributed by atoms with Crippen LogP contribution in [0, 0.1) is 15.9 Å². The molecule has 1 unspecified atom stereocenters. The number of anilines is 1. The molecule has 0 saturated carbocycles. The van der Waals surface area contributed by atoms with E-state index in [1.807, 2.05) is 38.1 Å². The van der Waals surface area contributed by atoms with Crippen molar-refractivity contribution in [2.45, 2.75) is 38.5 Å². The summed E-state index contributed by atoms with van der Waals surface area (Å²) in [7, 11) is 1.44. The van der Waals surface area contributed by atoms with Crippen molar-refractivity contribution < 1.29 is 23.6 Å². The maximum Gasteiger partial charge on any atom is 0.274 e. The van der Waals surface area contributed by atoms with Gasteiger partial charge >= 0.3 is 0 Å². The average Bonchev–Trinajstić information content (AvgIpc) is 3.02. The highest BCUT2D eigenvalue weighted by Gasteiger charge is 2.59. The molecule has 2 heterocycles. The van der Waals surface area contributed by atoms with Gasteiger partial charge in [-0.3, -0.25) is 14.9 Å². The highest BCUT2D eigenvalue weighted by Crippen LogP contribution is 2.57. The highest BCUT2D eigenvalue weighted by atomic mass is 19.1. The largest absolute Gasteiger partial charge is 0.493 e. The smallest absolute Gasteiger partial charge is 0.274 e. The second-order valence-corrected chi connectivity index (χ2v) is 9.58. The molecule has 0 aromatic heterocycles. The van der Waals surface area contributed by atoms with Crippen molar-refractivity contribution in [1.29, 1.82) is 0 Å². The van der Waals surface area contributed by atoms with Crippen molar-refractivity contribution in [2.75, 3.05) is 12.0 Å². The Morgan fingerprint density at radius 3 is 2.50 bits per heavy atom. The summed E-state index contributed by atoms with van der Waals surface area (Å²) in [4.78, 5) is 25.3. The minimum absolute atomic E-state index is 0.0425. The molecule has 0 radical (unpaired) electrons. The average molecular weight is 489 g/mol. The predicted octanol–water partition coefficient (Wildman–Crippen LogP) is 6.05. The van der Waals surface area contributed by atoms with Crippen molar-refractivity contribution in [1.82, 2.24) is 0 Å². The normalized spacial score (nSPS) is 19.0. The molecule has 1 atom stereocenters. The lowest BCUT2D eigenvalue weighted by molar-refractivity contribution is -0.385. The van der Waals surface area contributed by atoms with Crippen LogP contribution in [0.1, 0.15) is 47.8 Å². The van der Waals surface area contributed by atoms with Gasteiger partial charge in [-0.1, -0.05) is 12.1 Å². The Morgan fingerprint density at radius 2 is 1.86 bits per heavy atom. The number of nitrogens with zero attached hydrogens (tertiary/aromatic N) is 2. The summed E-state index contributed by atoms with van der Waals surface area (Å²) >= 11 is 0. The summed E-state index contributed by atoms with van der Waals surface area (Å²) in [5.74, 6) is 0.276. The topological polar surface area (TPSA) is 81.9 Å². The number of hydrogen-bond donors (Lipinski definition) is 0. The van der Waals surface area contributed by atoms with Gasteiger partial charge in [0.25, 0.3) is 5.69 Å². The monoisotopic (exact) mass is 488 g/mol. The number of ketones is 1. The Balaban J connectivity index is 1.70. The third kappa shape index (κ3) is 3.44. The Labute approximate surface area is 207 Å². The first kappa shape index (κ1) is 23.5. The molecule has 0 fully saturated rings. The van der Waals surface area contributed by atoms with Crippen LogP contribution in [0.5, 0.6) is 11.5 Å². The van der Waals surface area contributed by atoms with Gasteiger partial charge in [-0.05, 0) is 74.4 Å². The molecular formula is C28H25FN2O5. The lowest BCUT2D eigenvalue weighted by Gasteiger charge is -2.47. The molecule has 184 valence electrons. The summed E-state index contributed by atoms with van der Waals surface area (Å²) in [5, 5.41) is 11.4. The second kappa shape index (κ2) is 8.19. The molecule has 0 saturated heterocycles. The van der Waals surface area contributed by atoms with E-state index in [-0.39, 0.29) is 23.0 Å². The van der Waals surface area contributed by atoms with Crippen LogP contribution in [-0.2, 0) is 12.0 Å². The highest BCUT2D eigenvalue weighted by molar-refractivity contribution is 5.95. The van der Waals surface area contributed by atoms with Crippen LogP contribution in [-0.4, -0.2) is 23.5 Å². The van der Waals surface area contributed by atoms with E-state index < -0.39 is 16.1 Å². The number of benzene rings is 3. The molecule has 0 aliphatic carbocycles. The number of carbonyl (C=O) groups excluding carboxylic acids is 1. The van der Waals surface area contributed by atoms with Crippen LogP contribution in [0.15, 0.2) is 60.7 Å². The molecule has 36 heavy (non-hydrogen) atoms. The fourth-order valence-corrected chi connectivity index (χ4v) is 5.15. The number of carbonyl (C=O) groups is 1. The first-order valence-corrected chi connectivity index (χ1v) is 11.5. The minimum atomic E-state index is -1.06. The van der Waals surface area contributed by atoms with E-state index in [1.54, 1.807) is 18.2 Å². The number of methoxy groups -OCH3 is 1. The molecule has 3 aromatic carbocycles. The number of hydrogen-bond acceptors (Lipinski definition) is 6. The number of Topliss-reactive ketones (excluding diaryl/α,β-unsaturated/α-hetero) is 1. The number of nitro groups is 1. The summed E-state index contributed by atoms with van der Waals surface area (Å²) in [6.45, 7) is 5.99. The van der Waals surface area contributed by atoms with Crippen LogP contribution in [0.3, 0.4) is 0 Å². The lowest BCUT2D eigenvalue weighted by atomic mass is 9.75. The molecule has 0 N–H and O–H groups in total. The molecule has 2 aliphatic heterocycles. The van der Waals surface area contributed by atoms with Gasteiger partial charge in [0.05, 0.1) is 23.5 Å². The van der Waals surface area contributed by atoms with Crippen LogP contribution < -0.4 is 14.4 Å². The van der Waals surface area contributed by atoms with Crippen LogP contribution in [0.2, 0.25) is 0 Å². The molecular weight excluding hydrogens is 463 g/mol. The Kier molecular flexibility index (Phi) is 5.35. The third-order valence-electron chi connectivity index (χ3n) is 7.16. The fourth-order valence-electron chi connectivity index (χ4n) is 5.15. The standard InChI is InChI=1S/C28H25FN2O5/c1-17(32)19-7-10-24-23(14-19)27(2,3)28(30(24)16-18-5-8-21(29)9-6-18)12-11-20-13-22(31(33)34)15-25(35-4)26(20)36-28/h5-15H,16H2,1-4H3. The molecule has 0 amide bonds. The van der Waals surface area contributed by atoms with Gasteiger partial charge in [0.1, 0.15) is 5.82 Å². The van der Waals surface area contributed by atoms with Crippen LogP contribution >= 0.6 is 0 Å². The zero-order valence-corrected chi connectivity index (χ0v) is 20.4. The Morgan fingerprint density at radius 1 is 1.14 bits per heavy atom. The Bertz CT molecular complexity index is 1430. The van der Waals surface area contributed by atoms with Gasteiger partial charge in [0.2, 0.25) is 5.72 Å². The van der Waals surface area contributed by atoms with Crippen molar-refractivity contribution in [3.05, 3.63) is 98.9 Å². The predicted molar refractivity (Wildman–Crippen MR) is 134 cm³/mol. The van der Waals surface area contributed by atoms with Crippen molar-refractivity contribution >= 4 is 23.2 Å². The quantitative estimate of drug-likeness (QED) is 0.247. The number of ether oxygens (including phenoxy) is 2. The first-order valence-electron chi connectivity index (χ1n) is 11.5. The van der Waals surface area contributed by atoms with Gasteiger partial charge < -0.3 is 14.4 Å². The summed E-state index contributed by atoms with van der Waals surface area (Å²) in [6.07, 6.45) is 3.71. The van der Waals surface area contributed by atoms with Crippen molar-refractivity contribution in [3.63, 3.8) is 0 Å². The summed E-state index contributed by atoms with van der Waals surface area (Å²) in [6, 6.07) is 14.7. The fraction of sp³-hybridized carbons (Fsp3) is 0.250. The van der Waals surface area contributed by atoms with Gasteiger partial charge in [0.15, 0.2) is 17.3 Å². The number of halogens is 1. The molecule has 8 heteroatoms. The third-order valence-corrected chi connectivity index (χ3v) is 7.16. The minimum Gasteiger partial charge on any atom is -0.493 e. The number of non-ortho nitro benzene ring substituents is 1. The maximum absolute atomic E-state index is 13.6. The van der Waals surface area contributed by atoms with E-state index in [0.29, 0.717) is 23.4 Å². The van der Waals surface area contributed by atoms with E-state index in [0.717, 1.165) is 16.8 Å². The molecule has 3 aromatic rings. The van der Waals surface area contributed by atoms with Crippen molar-refractivity contribution in [3.8, 4) is 11.5 Å². The van der Waals surface area contributed by atoms with Crippen LogP contribution in [0.25, 0.3) is 6.08 Å². The molecule has 1 spiro atoms. The molecule has 2 aliphatic rings. The van der Waals surface area contributed by atoms with Gasteiger partial charge in [-0.2, -0.15) is 0 Å². The lowest BCUT2D eigenvalue weighted by Crippen LogP contribution is -2.59. The van der Waals surface area contributed by atoms with E-state index >= 15 is 0 Å². The molecule has 0 bridgehead atoms. The van der Waals surface area contributed by atoms with Gasteiger partial charge in [-0.25, -0.2) is 4.39 Å². The number of nitro benzene ring substituents is 1. The van der Waals surface area contributed by atoms with Crippen LogP contribution in [0.4, 0.5) is 15.8 Å². The Hall–Kier alpha value is -4.20. The summed E-state index contributed by atoms with van der Waals surface area (Å²) in [5.41, 5.74) is 1.98. The zero-order chi connectivity index (χ0) is 25.8. The van der Waals surface area contributed by atoms with Gasteiger partial charge in [-0.15, -0.1) is 0 Å². The van der Waals surface area contributed by atoms with Crippen molar-refractivity contribution in [2.24, 2.45) is 0 Å². The summed E-state index contributed by atoms with van der Waals surface area (Å²) < 4.78 is 25.9. The number of rotatable bonds is 5. The van der Waals surface area contributed by atoms with E-state index in [9.17, 15) is 19.3 Å². The first-order chi connectivity index (χ1) is 17.1. The second-order valence-electron chi connectivity index (χ2n) is 9.58. The van der Waals surface area contributed by atoms with E-state index in [1.165, 1.54) is 38.3 Å². The van der Waals surface area contributed by atoms with E-state index in [2.05, 4.69) is 4.90 Å². The maximum atomic E-state index is 13.6. The molecule has 7 nitrogen and oxygen atoms in total. The SMILES string of the molecule is COc1cc([N+](=O)[O-])cc2c1OC1(C=C2)N(Cc2ccc(F)cc2)c2ccc(C(C)=O)cc2C1(C)C. The number of fused-ring (bicyclic) bond motifs is 2. The molecule has 5 rings (SSSR count). The van der Waals surface area contributed by atoms with E-state index in [4.69, 9.17) is 9.47 Å². The van der Waals surface area contributed by atoms with Gasteiger partial charge in [0, 0.05) is 29.4 Å².